The molecule has 0 saturated heterocycles. The molecule has 2 aliphatic heterocycles. The zero-order chi connectivity index (χ0) is 23.8. The quantitative estimate of drug-likeness (QED) is 0.547. The van der Waals surface area contributed by atoms with Gasteiger partial charge in [-0.1, -0.05) is 36.4 Å². The van der Waals surface area contributed by atoms with E-state index in [-0.39, 0.29) is 24.3 Å². The Morgan fingerprint density at radius 2 is 1.47 bits per heavy atom. The molecular weight excluding hydrogens is 432 g/mol. The number of ether oxygens (including phenoxy) is 2. The second kappa shape index (κ2) is 8.67. The third-order valence-corrected chi connectivity index (χ3v) is 6.51. The number of carbonyl (C=O) groups excluding carboxylic acids is 3. The minimum absolute atomic E-state index is 0.0796. The first-order valence-corrected chi connectivity index (χ1v) is 11.1. The summed E-state index contributed by atoms with van der Waals surface area (Å²) in [5, 5.41) is 0. The molecule has 0 aromatic heterocycles. The van der Waals surface area contributed by atoms with E-state index in [2.05, 4.69) is 0 Å². The molecule has 3 aromatic carbocycles. The maximum absolute atomic E-state index is 13.7. The molecule has 2 aliphatic rings. The van der Waals surface area contributed by atoms with Crippen LogP contribution in [0.15, 0.2) is 66.7 Å². The number of methoxy groups -OCH3 is 2. The Labute approximate surface area is 197 Å². The summed E-state index contributed by atoms with van der Waals surface area (Å²) in [5.74, 6) is 0.139. The monoisotopic (exact) mass is 456 g/mol. The molecule has 2 heterocycles. The summed E-state index contributed by atoms with van der Waals surface area (Å²) in [7, 11) is 3.07. The summed E-state index contributed by atoms with van der Waals surface area (Å²) < 4.78 is 10.7. The van der Waals surface area contributed by atoms with Crippen LogP contribution in [0, 0.1) is 0 Å². The second-order valence-electron chi connectivity index (χ2n) is 8.33. The van der Waals surface area contributed by atoms with Gasteiger partial charge in [-0.2, -0.15) is 0 Å². The Balaban J connectivity index is 1.53. The highest BCUT2D eigenvalue weighted by atomic mass is 16.5. The largest absolute Gasteiger partial charge is 0.497 e. The summed E-state index contributed by atoms with van der Waals surface area (Å²) >= 11 is 0. The molecular formula is C27H24N2O5. The van der Waals surface area contributed by atoms with Crippen molar-refractivity contribution in [1.29, 1.82) is 0 Å². The Hall–Kier alpha value is -4.13. The van der Waals surface area contributed by atoms with E-state index in [4.69, 9.17) is 9.47 Å². The molecule has 172 valence electrons. The Morgan fingerprint density at radius 3 is 2.09 bits per heavy atom. The second-order valence-corrected chi connectivity index (χ2v) is 8.33. The summed E-state index contributed by atoms with van der Waals surface area (Å²) in [6, 6.07) is 19.3. The van der Waals surface area contributed by atoms with Crippen molar-refractivity contribution in [3.8, 4) is 11.5 Å². The van der Waals surface area contributed by atoms with Crippen LogP contribution >= 0.6 is 0 Å². The van der Waals surface area contributed by atoms with Gasteiger partial charge in [0.1, 0.15) is 11.5 Å². The van der Waals surface area contributed by atoms with Gasteiger partial charge in [-0.3, -0.25) is 19.3 Å². The third-order valence-electron chi connectivity index (χ3n) is 6.51. The van der Waals surface area contributed by atoms with Gasteiger partial charge >= 0.3 is 0 Å². The molecule has 7 nitrogen and oxygen atoms in total. The van der Waals surface area contributed by atoms with Gasteiger partial charge in [-0.05, 0) is 41.8 Å². The third kappa shape index (κ3) is 3.59. The van der Waals surface area contributed by atoms with Gasteiger partial charge in [0.15, 0.2) is 0 Å². The van der Waals surface area contributed by atoms with Crippen LogP contribution in [-0.2, 0) is 6.42 Å². The molecule has 0 spiro atoms. The van der Waals surface area contributed by atoms with Gasteiger partial charge in [0.25, 0.3) is 17.7 Å². The summed E-state index contributed by atoms with van der Waals surface area (Å²) in [6.45, 7) is 0.541. The fraction of sp³-hybridized carbons (Fsp3) is 0.222. The fourth-order valence-corrected chi connectivity index (χ4v) is 4.77. The SMILES string of the molecule is COc1cc(OC)cc(C(=O)N2CCc3ccccc3[C@H]2CN2C(=O)c3ccccc3C2=O)c1. The molecule has 0 bridgehead atoms. The van der Waals surface area contributed by atoms with Crippen LogP contribution in [0.4, 0.5) is 0 Å². The highest BCUT2D eigenvalue weighted by molar-refractivity contribution is 6.21. The van der Waals surface area contributed by atoms with E-state index in [9.17, 15) is 14.4 Å². The summed E-state index contributed by atoms with van der Waals surface area (Å²) in [4.78, 5) is 42.9. The van der Waals surface area contributed by atoms with Gasteiger partial charge in [0.2, 0.25) is 0 Å². The number of benzene rings is 3. The number of fused-ring (bicyclic) bond motifs is 2. The van der Waals surface area contributed by atoms with Crippen molar-refractivity contribution in [2.24, 2.45) is 0 Å². The van der Waals surface area contributed by atoms with E-state index in [1.165, 1.54) is 19.1 Å². The van der Waals surface area contributed by atoms with Crippen LogP contribution in [0.3, 0.4) is 0 Å². The van der Waals surface area contributed by atoms with Crippen molar-refractivity contribution in [3.63, 3.8) is 0 Å². The lowest BCUT2D eigenvalue weighted by atomic mass is 9.91. The number of amides is 3. The normalized spacial score (nSPS) is 16.8. The molecule has 34 heavy (non-hydrogen) atoms. The van der Waals surface area contributed by atoms with E-state index < -0.39 is 6.04 Å². The smallest absolute Gasteiger partial charge is 0.261 e. The molecule has 0 radical (unpaired) electrons. The molecule has 3 aromatic rings. The van der Waals surface area contributed by atoms with E-state index in [0.717, 1.165) is 11.1 Å². The number of imide groups is 1. The molecule has 0 fully saturated rings. The Morgan fingerprint density at radius 1 is 0.882 bits per heavy atom. The van der Waals surface area contributed by atoms with Crippen molar-refractivity contribution in [2.75, 3.05) is 27.3 Å². The number of hydrogen-bond donors (Lipinski definition) is 0. The Bertz CT molecular complexity index is 1240. The average molecular weight is 456 g/mol. The van der Waals surface area contributed by atoms with Gasteiger partial charge in [0, 0.05) is 18.2 Å². The fourth-order valence-electron chi connectivity index (χ4n) is 4.77. The van der Waals surface area contributed by atoms with Crippen LogP contribution in [0.5, 0.6) is 11.5 Å². The average Bonchev–Trinajstić information content (AvgIpc) is 3.13. The lowest BCUT2D eigenvalue weighted by Crippen LogP contribution is -2.46. The molecule has 0 N–H and O–H groups in total. The Kier molecular flexibility index (Phi) is 5.53. The zero-order valence-electron chi connectivity index (χ0n) is 19.0. The minimum atomic E-state index is -0.475. The molecule has 1 atom stereocenters. The van der Waals surface area contributed by atoms with Crippen LogP contribution < -0.4 is 9.47 Å². The lowest BCUT2D eigenvalue weighted by Gasteiger charge is -2.39. The molecule has 0 unspecified atom stereocenters. The zero-order valence-corrected chi connectivity index (χ0v) is 19.0. The van der Waals surface area contributed by atoms with Gasteiger partial charge in [-0.15, -0.1) is 0 Å². The van der Waals surface area contributed by atoms with Crippen LogP contribution in [-0.4, -0.2) is 54.8 Å². The van der Waals surface area contributed by atoms with Gasteiger partial charge < -0.3 is 14.4 Å². The van der Waals surface area contributed by atoms with Crippen LogP contribution in [0.25, 0.3) is 0 Å². The highest BCUT2D eigenvalue weighted by Crippen LogP contribution is 2.35. The van der Waals surface area contributed by atoms with Crippen molar-refractivity contribution in [1.82, 2.24) is 9.80 Å². The maximum atomic E-state index is 13.7. The summed E-state index contributed by atoms with van der Waals surface area (Å²) in [6.07, 6.45) is 0.682. The highest BCUT2D eigenvalue weighted by Gasteiger charge is 2.40. The number of nitrogens with zero attached hydrogens (tertiary/aromatic N) is 2. The predicted octanol–water partition coefficient (Wildman–Crippen LogP) is 3.74. The van der Waals surface area contributed by atoms with Crippen molar-refractivity contribution >= 4 is 17.7 Å². The first-order valence-electron chi connectivity index (χ1n) is 11.1. The van der Waals surface area contributed by atoms with Gasteiger partial charge in [-0.25, -0.2) is 0 Å². The molecule has 0 saturated carbocycles. The first-order chi connectivity index (χ1) is 16.5. The van der Waals surface area contributed by atoms with E-state index in [0.29, 0.717) is 41.2 Å². The van der Waals surface area contributed by atoms with Crippen molar-refractivity contribution in [3.05, 3.63) is 94.5 Å². The topological polar surface area (TPSA) is 76.2 Å². The molecule has 0 aliphatic carbocycles. The van der Waals surface area contributed by atoms with Crippen LogP contribution in [0.2, 0.25) is 0 Å². The van der Waals surface area contributed by atoms with Gasteiger partial charge in [0.05, 0.1) is 37.9 Å². The molecule has 5 rings (SSSR count). The van der Waals surface area contributed by atoms with Crippen LogP contribution in [0.1, 0.15) is 48.2 Å². The number of hydrogen-bond acceptors (Lipinski definition) is 5. The lowest BCUT2D eigenvalue weighted by molar-refractivity contribution is 0.0502. The standard InChI is InChI=1S/C27H24N2O5/c1-33-19-13-18(14-20(15-19)34-2)25(30)28-12-11-17-7-3-4-8-21(17)24(28)16-29-26(31)22-9-5-6-10-23(22)27(29)32/h3-10,13-15,24H,11-12,16H2,1-2H3/t24-/m1/s1. The molecule has 7 heteroatoms. The summed E-state index contributed by atoms with van der Waals surface area (Å²) in [5.41, 5.74) is 3.26. The van der Waals surface area contributed by atoms with Crippen molar-refractivity contribution in [2.45, 2.75) is 12.5 Å². The maximum Gasteiger partial charge on any atom is 0.261 e. The first kappa shape index (κ1) is 21.7. The number of rotatable bonds is 5. The minimum Gasteiger partial charge on any atom is -0.497 e. The van der Waals surface area contributed by atoms with E-state index in [1.54, 1.807) is 47.4 Å². The molecule has 3 amide bonds. The predicted molar refractivity (Wildman–Crippen MR) is 125 cm³/mol. The van der Waals surface area contributed by atoms with E-state index in [1.807, 2.05) is 24.3 Å². The van der Waals surface area contributed by atoms with Crippen molar-refractivity contribution < 1.29 is 23.9 Å². The van der Waals surface area contributed by atoms with E-state index >= 15 is 0 Å². The number of carbonyl (C=O) groups is 3.